The summed E-state index contributed by atoms with van der Waals surface area (Å²) in [6, 6.07) is 5.17. The Hall–Kier alpha value is -1.42. The molecule has 2 atom stereocenters. The minimum Gasteiger partial charge on any atom is -0.328 e. The Balaban J connectivity index is 2.09. The number of imidazole rings is 1. The van der Waals surface area contributed by atoms with E-state index < -0.39 is 0 Å². The zero-order chi connectivity index (χ0) is 13.4. The molecule has 2 unspecified atom stereocenters. The molecule has 0 bridgehead atoms. The maximum Gasteiger partial charge on any atom is 0.125 e. The molecule has 0 saturated heterocycles. The molecule has 0 aliphatic heterocycles. The van der Waals surface area contributed by atoms with E-state index in [9.17, 15) is 4.39 Å². The Morgan fingerprint density at radius 3 is 2.95 bits per heavy atom. The van der Waals surface area contributed by atoms with Gasteiger partial charge in [0.25, 0.3) is 0 Å². The van der Waals surface area contributed by atoms with Gasteiger partial charge in [0.15, 0.2) is 0 Å². The number of fused-ring (bicyclic) bond motifs is 1. The number of nitrogens with zero attached hydrogens (tertiary/aromatic N) is 2. The van der Waals surface area contributed by atoms with Crippen LogP contribution in [0.15, 0.2) is 18.2 Å². The molecule has 1 aromatic heterocycles. The Kier molecular flexibility index (Phi) is 3.27. The molecule has 4 heteroatoms. The standard InChI is InChI=1S/C15H20FN3/c1-2-7-19-14-6-4-11(16)9-13(14)18-15(19)10-3-5-12(17)8-10/h4,6,9-10,12H,2-3,5,7-8,17H2,1H3. The van der Waals surface area contributed by atoms with Crippen LogP contribution in [0.5, 0.6) is 0 Å². The summed E-state index contributed by atoms with van der Waals surface area (Å²) >= 11 is 0. The summed E-state index contributed by atoms with van der Waals surface area (Å²) in [7, 11) is 0. The fourth-order valence-corrected chi connectivity index (χ4v) is 3.14. The average molecular weight is 261 g/mol. The van der Waals surface area contributed by atoms with Crippen molar-refractivity contribution in [3.63, 3.8) is 0 Å². The molecule has 3 rings (SSSR count). The van der Waals surface area contributed by atoms with Gasteiger partial charge in [-0.3, -0.25) is 0 Å². The maximum absolute atomic E-state index is 13.3. The van der Waals surface area contributed by atoms with Crippen molar-refractivity contribution in [3.05, 3.63) is 29.8 Å². The smallest absolute Gasteiger partial charge is 0.125 e. The SMILES string of the molecule is CCCn1c(C2CCC(N)C2)nc2cc(F)ccc21. The van der Waals surface area contributed by atoms with Crippen molar-refractivity contribution in [2.24, 2.45) is 5.73 Å². The number of hydrogen-bond acceptors (Lipinski definition) is 2. The number of nitrogens with two attached hydrogens (primary N) is 1. The Morgan fingerprint density at radius 1 is 1.42 bits per heavy atom. The molecule has 1 saturated carbocycles. The Bertz CT molecular complexity index is 590. The fraction of sp³-hybridized carbons (Fsp3) is 0.533. The molecule has 102 valence electrons. The van der Waals surface area contributed by atoms with Crippen molar-refractivity contribution in [1.29, 1.82) is 0 Å². The van der Waals surface area contributed by atoms with Crippen molar-refractivity contribution >= 4 is 11.0 Å². The van der Waals surface area contributed by atoms with Gasteiger partial charge in [0.2, 0.25) is 0 Å². The highest BCUT2D eigenvalue weighted by molar-refractivity contribution is 5.76. The topological polar surface area (TPSA) is 43.8 Å². The van der Waals surface area contributed by atoms with Crippen LogP contribution in [0, 0.1) is 5.82 Å². The summed E-state index contributed by atoms with van der Waals surface area (Å²) in [6.07, 6.45) is 4.20. The lowest BCUT2D eigenvalue weighted by Gasteiger charge is -2.13. The average Bonchev–Trinajstić information content (AvgIpc) is 2.94. The second kappa shape index (κ2) is 4.93. The fourth-order valence-electron chi connectivity index (χ4n) is 3.14. The molecule has 1 aliphatic rings. The first kappa shape index (κ1) is 12.6. The van der Waals surface area contributed by atoms with Crippen LogP contribution in [0.1, 0.15) is 44.3 Å². The summed E-state index contributed by atoms with van der Waals surface area (Å²) in [4.78, 5) is 4.68. The Labute approximate surface area is 112 Å². The molecule has 19 heavy (non-hydrogen) atoms. The lowest BCUT2D eigenvalue weighted by molar-refractivity contribution is 0.577. The lowest BCUT2D eigenvalue weighted by Crippen LogP contribution is -2.15. The van der Waals surface area contributed by atoms with E-state index in [1.165, 1.54) is 12.1 Å². The van der Waals surface area contributed by atoms with Gasteiger partial charge in [-0.25, -0.2) is 9.37 Å². The third-order valence-corrected chi connectivity index (χ3v) is 4.03. The quantitative estimate of drug-likeness (QED) is 0.922. The highest BCUT2D eigenvalue weighted by Gasteiger charge is 2.27. The van der Waals surface area contributed by atoms with E-state index in [-0.39, 0.29) is 11.9 Å². The third-order valence-electron chi connectivity index (χ3n) is 4.03. The van der Waals surface area contributed by atoms with E-state index >= 15 is 0 Å². The monoisotopic (exact) mass is 261 g/mol. The molecule has 0 radical (unpaired) electrons. The first-order chi connectivity index (χ1) is 9.19. The summed E-state index contributed by atoms with van der Waals surface area (Å²) in [5.74, 6) is 1.30. The van der Waals surface area contributed by atoms with E-state index in [0.29, 0.717) is 5.92 Å². The van der Waals surface area contributed by atoms with Gasteiger partial charge in [0, 0.05) is 24.6 Å². The molecule has 3 nitrogen and oxygen atoms in total. The first-order valence-electron chi connectivity index (χ1n) is 7.10. The first-order valence-corrected chi connectivity index (χ1v) is 7.10. The molecule has 2 aromatic rings. The number of hydrogen-bond donors (Lipinski definition) is 1. The van der Waals surface area contributed by atoms with E-state index in [0.717, 1.165) is 49.1 Å². The minimum atomic E-state index is -0.219. The second-order valence-corrected chi connectivity index (χ2v) is 5.52. The zero-order valence-corrected chi connectivity index (χ0v) is 11.3. The van der Waals surface area contributed by atoms with Crippen molar-refractivity contribution in [3.8, 4) is 0 Å². The van der Waals surface area contributed by atoms with Crippen molar-refractivity contribution in [2.45, 2.75) is 51.1 Å². The highest BCUT2D eigenvalue weighted by atomic mass is 19.1. The minimum absolute atomic E-state index is 0.219. The van der Waals surface area contributed by atoms with Gasteiger partial charge in [-0.15, -0.1) is 0 Å². The maximum atomic E-state index is 13.3. The van der Waals surface area contributed by atoms with Crippen LogP contribution in [-0.4, -0.2) is 15.6 Å². The molecule has 2 N–H and O–H groups in total. The zero-order valence-electron chi connectivity index (χ0n) is 11.3. The molecule has 0 spiro atoms. The van der Waals surface area contributed by atoms with Gasteiger partial charge in [0.05, 0.1) is 11.0 Å². The van der Waals surface area contributed by atoms with Crippen LogP contribution >= 0.6 is 0 Å². The summed E-state index contributed by atoms with van der Waals surface area (Å²) in [5, 5.41) is 0. The van der Waals surface area contributed by atoms with E-state index in [4.69, 9.17) is 5.73 Å². The Morgan fingerprint density at radius 2 is 2.26 bits per heavy atom. The summed E-state index contributed by atoms with van der Waals surface area (Å²) < 4.78 is 15.6. The van der Waals surface area contributed by atoms with Crippen LogP contribution in [0.4, 0.5) is 4.39 Å². The predicted molar refractivity (Wildman–Crippen MR) is 74.5 cm³/mol. The van der Waals surface area contributed by atoms with Gasteiger partial charge >= 0.3 is 0 Å². The van der Waals surface area contributed by atoms with Crippen molar-refractivity contribution in [2.75, 3.05) is 0 Å². The van der Waals surface area contributed by atoms with Gasteiger partial charge < -0.3 is 10.3 Å². The van der Waals surface area contributed by atoms with E-state index in [2.05, 4.69) is 16.5 Å². The number of benzene rings is 1. The molecule has 1 heterocycles. The predicted octanol–water partition coefficient (Wildman–Crippen LogP) is 3.18. The molecule has 1 fully saturated rings. The largest absolute Gasteiger partial charge is 0.328 e. The van der Waals surface area contributed by atoms with Gasteiger partial charge in [-0.1, -0.05) is 6.92 Å². The number of aryl methyl sites for hydroxylation is 1. The summed E-state index contributed by atoms with van der Waals surface area (Å²) in [6.45, 7) is 3.09. The van der Waals surface area contributed by atoms with Crippen LogP contribution in [0.2, 0.25) is 0 Å². The van der Waals surface area contributed by atoms with Crippen molar-refractivity contribution in [1.82, 2.24) is 9.55 Å². The van der Waals surface area contributed by atoms with Gasteiger partial charge in [-0.2, -0.15) is 0 Å². The van der Waals surface area contributed by atoms with Crippen LogP contribution in [0.3, 0.4) is 0 Å². The molecular weight excluding hydrogens is 241 g/mol. The van der Waals surface area contributed by atoms with E-state index in [1.54, 1.807) is 0 Å². The molecular formula is C15H20FN3. The van der Waals surface area contributed by atoms with Crippen LogP contribution in [0.25, 0.3) is 11.0 Å². The van der Waals surface area contributed by atoms with Crippen LogP contribution in [-0.2, 0) is 6.54 Å². The second-order valence-electron chi connectivity index (χ2n) is 5.52. The van der Waals surface area contributed by atoms with Gasteiger partial charge in [-0.05, 0) is 37.8 Å². The van der Waals surface area contributed by atoms with Crippen LogP contribution < -0.4 is 5.73 Å². The van der Waals surface area contributed by atoms with Crippen molar-refractivity contribution < 1.29 is 4.39 Å². The number of aromatic nitrogens is 2. The van der Waals surface area contributed by atoms with E-state index in [1.807, 2.05) is 6.07 Å². The lowest BCUT2D eigenvalue weighted by atomic mass is 10.1. The van der Waals surface area contributed by atoms with Gasteiger partial charge in [0.1, 0.15) is 11.6 Å². The normalized spacial score (nSPS) is 23.3. The summed E-state index contributed by atoms with van der Waals surface area (Å²) in [5.41, 5.74) is 7.82. The molecule has 1 aromatic carbocycles. The highest BCUT2D eigenvalue weighted by Crippen LogP contribution is 2.35. The third kappa shape index (κ3) is 2.25. The number of rotatable bonds is 3. The molecule has 1 aliphatic carbocycles. The number of halogens is 1. The molecule has 0 amide bonds.